The van der Waals surface area contributed by atoms with Crippen molar-refractivity contribution in [1.82, 2.24) is 14.7 Å². The maximum Gasteiger partial charge on any atom is 0.254 e. The zero-order chi connectivity index (χ0) is 24.1. The van der Waals surface area contributed by atoms with Gasteiger partial charge in [0.25, 0.3) is 5.91 Å². The number of ether oxygens (including phenoxy) is 1. The number of halogens is 2. The molecule has 0 unspecified atom stereocenters. The summed E-state index contributed by atoms with van der Waals surface area (Å²) < 4.78 is 20.1. The third-order valence-electron chi connectivity index (χ3n) is 6.96. The van der Waals surface area contributed by atoms with Crippen molar-refractivity contribution < 1.29 is 18.7 Å². The number of hydrogen-bond donors (Lipinski definition) is 0. The van der Waals surface area contributed by atoms with Gasteiger partial charge in [-0.25, -0.2) is 4.39 Å². The van der Waals surface area contributed by atoms with E-state index < -0.39 is 0 Å². The van der Waals surface area contributed by atoms with Gasteiger partial charge in [0.1, 0.15) is 11.6 Å². The lowest BCUT2D eigenvalue weighted by Crippen LogP contribution is -2.51. The van der Waals surface area contributed by atoms with Gasteiger partial charge in [-0.3, -0.25) is 9.59 Å². The monoisotopic (exact) mass is 531 g/mol. The summed E-state index contributed by atoms with van der Waals surface area (Å²) in [5.74, 6) is 0.401. The van der Waals surface area contributed by atoms with Crippen LogP contribution in [0.1, 0.15) is 29.6 Å². The van der Waals surface area contributed by atoms with Crippen molar-refractivity contribution in [2.24, 2.45) is 5.41 Å². The number of hydrogen-bond acceptors (Lipinski definition) is 4. The third kappa shape index (κ3) is 5.96. The van der Waals surface area contributed by atoms with Crippen molar-refractivity contribution in [2.75, 3.05) is 52.9 Å². The van der Waals surface area contributed by atoms with Crippen LogP contribution in [-0.4, -0.2) is 79.4 Å². The Hall–Kier alpha value is -2.45. The first kappa shape index (κ1) is 24.7. The van der Waals surface area contributed by atoms with E-state index in [1.807, 2.05) is 34.1 Å². The number of likely N-dealkylation sites (tertiary alicyclic amines) is 1. The summed E-state index contributed by atoms with van der Waals surface area (Å²) >= 11 is 3.47. The molecule has 0 aromatic heterocycles. The molecule has 6 nitrogen and oxygen atoms in total. The van der Waals surface area contributed by atoms with Gasteiger partial charge in [0.15, 0.2) is 0 Å². The SMILES string of the molecule is CN1CCN(C(=O)CC2(COc3ccc(F)cc3)CCN(C(=O)c3ccccc3Br)CC2)CC1. The van der Waals surface area contributed by atoms with Gasteiger partial charge in [0.2, 0.25) is 5.91 Å². The molecular weight excluding hydrogens is 501 g/mol. The number of piperazine rings is 1. The normalized spacial score (nSPS) is 18.6. The molecule has 2 aliphatic heterocycles. The van der Waals surface area contributed by atoms with Crippen LogP contribution in [0.5, 0.6) is 5.75 Å². The number of nitrogens with zero attached hydrogens (tertiary/aromatic N) is 3. The number of rotatable bonds is 6. The van der Waals surface area contributed by atoms with Crippen LogP contribution in [0.15, 0.2) is 53.0 Å². The Balaban J connectivity index is 1.45. The fraction of sp³-hybridized carbons (Fsp3) is 0.462. The van der Waals surface area contributed by atoms with Crippen molar-refractivity contribution in [3.63, 3.8) is 0 Å². The van der Waals surface area contributed by atoms with Gasteiger partial charge < -0.3 is 19.4 Å². The molecule has 2 aromatic rings. The molecule has 182 valence electrons. The van der Waals surface area contributed by atoms with Crippen LogP contribution in [0.3, 0.4) is 0 Å². The van der Waals surface area contributed by atoms with E-state index in [0.717, 1.165) is 30.7 Å². The van der Waals surface area contributed by atoms with Gasteiger partial charge in [-0.15, -0.1) is 0 Å². The summed E-state index contributed by atoms with van der Waals surface area (Å²) in [6.07, 6.45) is 1.72. The largest absolute Gasteiger partial charge is 0.493 e. The summed E-state index contributed by atoms with van der Waals surface area (Å²) in [6.45, 7) is 4.69. The Bertz CT molecular complexity index is 1000. The molecule has 0 atom stereocenters. The highest BCUT2D eigenvalue weighted by Crippen LogP contribution is 2.37. The smallest absolute Gasteiger partial charge is 0.254 e. The lowest BCUT2D eigenvalue weighted by molar-refractivity contribution is -0.136. The van der Waals surface area contributed by atoms with E-state index in [4.69, 9.17) is 4.74 Å². The minimum atomic E-state index is -0.375. The van der Waals surface area contributed by atoms with Gasteiger partial charge in [-0.05, 0) is 72.2 Å². The molecule has 0 spiro atoms. The van der Waals surface area contributed by atoms with Crippen molar-refractivity contribution in [2.45, 2.75) is 19.3 Å². The van der Waals surface area contributed by atoms with Crippen LogP contribution in [-0.2, 0) is 4.79 Å². The van der Waals surface area contributed by atoms with Crippen LogP contribution in [0.4, 0.5) is 4.39 Å². The second-order valence-electron chi connectivity index (χ2n) is 9.38. The molecule has 2 aromatic carbocycles. The number of carbonyl (C=O) groups excluding carboxylic acids is 2. The summed E-state index contributed by atoms with van der Waals surface area (Å²) in [6, 6.07) is 13.4. The van der Waals surface area contributed by atoms with Crippen molar-refractivity contribution in [1.29, 1.82) is 0 Å². The molecule has 34 heavy (non-hydrogen) atoms. The molecule has 2 heterocycles. The molecule has 2 saturated heterocycles. The predicted molar refractivity (Wildman–Crippen MR) is 132 cm³/mol. The summed E-state index contributed by atoms with van der Waals surface area (Å²) in [4.78, 5) is 32.3. The van der Waals surface area contributed by atoms with E-state index in [0.29, 0.717) is 50.3 Å². The Morgan fingerprint density at radius 2 is 1.59 bits per heavy atom. The summed E-state index contributed by atoms with van der Waals surface area (Å²) in [5.41, 5.74) is 0.269. The average molecular weight is 532 g/mol. The quantitative estimate of drug-likeness (QED) is 0.564. The predicted octanol–water partition coefficient (Wildman–Crippen LogP) is 4.05. The summed E-state index contributed by atoms with van der Waals surface area (Å²) in [5, 5.41) is 0. The van der Waals surface area contributed by atoms with Crippen molar-refractivity contribution in [3.8, 4) is 5.75 Å². The van der Waals surface area contributed by atoms with Gasteiger partial charge >= 0.3 is 0 Å². The molecule has 0 N–H and O–H groups in total. The molecular formula is C26H31BrFN3O3. The van der Waals surface area contributed by atoms with Crippen LogP contribution in [0.2, 0.25) is 0 Å². The topological polar surface area (TPSA) is 53.1 Å². The van der Waals surface area contributed by atoms with E-state index in [9.17, 15) is 14.0 Å². The molecule has 2 fully saturated rings. The second-order valence-corrected chi connectivity index (χ2v) is 10.2. The third-order valence-corrected chi connectivity index (χ3v) is 7.65. The highest BCUT2D eigenvalue weighted by molar-refractivity contribution is 9.10. The molecule has 0 aliphatic carbocycles. The minimum absolute atomic E-state index is 0.00841. The first-order chi connectivity index (χ1) is 16.3. The lowest BCUT2D eigenvalue weighted by atomic mass is 9.75. The van der Waals surface area contributed by atoms with Gasteiger partial charge in [0.05, 0.1) is 12.2 Å². The first-order valence-electron chi connectivity index (χ1n) is 11.7. The van der Waals surface area contributed by atoms with Gasteiger partial charge in [-0.1, -0.05) is 12.1 Å². The molecule has 8 heteroatoms. The van der Waals surface area contributed by atoms with Crippen LogP contribution in [0.25, 0.3) is 0 Å². The number of amides is 2. The first-order valence-corrected chi connectivity index (χ1v) is 12.5. The zero-order valence-corrected chi connectivity index (χ0v) is 21.1. The number of carbonyl (C=O) groups is 2. The molecule has 0 radical (unpaired) electrons. The maximum absolute atomic E-state index is 13.3. The Morgan fingerprint density at radius 3 is 2.24 bits per heavy atom. The van der Waals surface area contributed by atoms with Crippen molar-refractivity contribution >= 4 is 27.7 Å². The van der Waals surface area contributed by atoms with E-state index in [-0.39, 0.29) is 23.0 Å². The van der Waals surface area contributed by atoms with Crippen LogP contribution in [0, 0.1) is 11.2 Å². The van der Waals surface area contributed by atoms with Gasteiger partial charge in [0, 0.05) is 55.6 Å². The van der Waals surface area contributed by atoms with E-state index in [2.05, 4.69) is 27.9 Å². The molecule has 2 amide bonds. The van der Waals surface area contributed by atoms with Gasteiger partial charge in [-0.2, -0.15) is 0 Å². The lowest BCUT2D eigenvalue weighted by Gasteiger charge is -2.43. The van der Waals surface area contributed by atoms with Crippen molar-refractivity contribution in [3.05, 3.63) is 64.4 Å². The highest BCUT2D eigenvalue weighted by atomic mass is 79.9. The standard InChI is InChI=1S/C26H31BrFN3O3/c1-29-14-16-30(17-15-29)24(32)18-26(19-34-21-8-6-20(28)7-9-21)10-12-31(13-11-26)25(33)22-4-2-3-5-23(22)27/h2-9H,10-19H2,1H3. The molecule has 0 bridgehead atoms. The fourth-order valence-corrected chi connectivity index (χ4v) is 5.07. The Kier molecular flexibility index (Phi) is 7.88. The van der Waals surface area contributed by atoms with E-state index >= 15 is 0 Å². The number of piperidine rings is 1. The van der Waals surface area contributed by atoms with E-state index in [1.165, 1.54) is 12.1 Å². The van der Waals surface area contributed by atoms with E-state index in [1.54, 1.807) is 12.1 Å². The Morgan fingerprint density at radius 1 is 0.941 bits per heavy atom. The average Bonchev–Trinajstić information content (AvgIpc) is 2.84. The highest BCUT2D eigenvalue weighted by Gasteiger charge is 2.40. The summed E-state index contributed by atoms with van der Waals surface area (Å²) in [7, 11) is 2.07. The van der Waals surface area contributed by atoms with Crippen LogP contribution < -0.4 is 4.74 Å². The number of likely N-dealkylation sites (N-methyl/N-ethyl adjacent to an activating group) is 1. The minimum Gasteiger partial charge on any atom is -0.493 e. The molecule has 0 saturated carbocycles. The maximum atomic E-state index is 13.3. The van der Waals surface area contributed by atoms with Crippen LogP contribution >= 0.6 is 15.9 Å². The molecule has 4 rings (SSSR count). The zero-order valence-electron chi connectivity index (χ0n) is 19.5. The molecule has 2 aliphatic rings. The Labute approximate surface area is 208 Å². The second kappa shape index (κ2) is 10.9. The fourth-order valence-electron chi connectivity index (χ4n) is 4.62. The number of benzene rings is 2.